The maximum Gasteiger partial charge on any atom is 0.233 e. The van der Waals surface area contributed by atoms with Gasteiger partial charge in [-0.05, 0) is 137 Å². The lowest BCUT2D eigenvalue weighted by atomic mass is 9.69. The van der Waals surface area contributed by atoms with E-state index in [1.54, 1.807) is 11.3 Å². The topological polar surface area (TPSA) is 96.8 Å². The van der Waals surface area contributed by atoms with Crippen molar-refractivity contribution in [2.45, 2.75) is 134 Å². The van der Waals surface area contributed by atoms with Gasteiger partial charge in [-0.3, -0.25) is 14.8 Å². The van der Waals surface area contributed by atoms with Crippen LogP contribution in [0.4, 0.5) is 5.69 Å². The molecule has 3 aromatic heterocycles. The largest absolute Gasteiger partial charge is 0.380 e. The number of nitrogens with zero attached hydrogens (tertiary/aromatic N) is 4. The van der Waals surface area contributed by atoms with Crippen LogP contribution in [0.1, 0.15) is 135 Å². The minimum absolute atomic E-state index is 0.0318. The standard InChI is InChI=1S/C56H66N6O2S/c1-36-30-37(2)32-41(31-36)51-50(46-33-49(65-52(46)60-51)55(4,5)53(63)62-44-20-21-45(62)23-22-44)38(3)34-58-54(61-29-26-40(35-61)39-24-27-57-28-25-39)59-48-19-13-12-18-47(48)56(64,42-14-8-6-9-15-42)43-16-10-7-11-17-43/h6,8-9,12-15,18-19,24-25,27-28,30-33,38,40,43-45,60,64H,7,10-11,16-17,20-23,26,29,34-35H2,1-5H3,(H,58,59)/t38-,40?,44?,45?,56?/m1/s1. The number of pyridine rings is 1. The highest BCUT2D eigenvalue weighted by molar-refractivity contribution is 7.19. The third-order valence-electron chi connectivity index (χ3n) is 15.5. The Hall–Kier alpha value is -5.25. The highest BCUT2D eigenvalue weighted by atomic mass is 32.1. The number of aryl methyl sites for hydroxylation is 2. The first-order chi connectivity index (χ1) is 31.5. The van der Waals surface area contributed by atoms with E-state index in [2.05, 4.69) is 132 Å². The fourth-order valence-electron chi connectivity index (χ4n) is 12.1. The third kappa shape index (κ3) is 8.22. The number of para-hydroxylation sites is 1. The molecule has 3 saturated heterocycles. The van der Waals surface area contributed by atoms with Crippen molar-refractivity contribution in [2.24, 2.45) is 10.9 Å². The van der Waals surface area contributed by atoms with E-state index in [4.69, 9.17) is 4.99 Å². The average Bonchev–Trinajstić information content (AvgIpc) is 4.19. The fraction of sp³-hybridized carbons (Fsp3) is 0.446. The molecule has 3 N–H and O–H groups in total. The number of benzene rings is 3. The monoisotopic (exact) mass is 886 g/mol. The number of hydrogen-bond acceptors (Lipinski definition) is 5. The van der Waals surface area contributed by atoms with E-state index in [0.29, 0.717) is 24.5 Å². The van der Waals surface area contributed by atoms with Crippen molar-refractivity contribution in [3.63, 3.8) is 0 Å². The molecule has 0 spiro atoms. The first-order valence-corrected chi connectivity index (χ1v) is 25.2. The van der Waals surface area contributed by atoms with Crippen molar-refractivity contribution in [1.29, 1.82) is 0 Å². The molecule has 3 aromatic carbocycles. The summed E-state index contributed by atoms with van der Waals surface area (Å²) in [6.07, 6.45) is 14.8. The number of hydrogen-bond donors (Lipinski definition) is 3. The van der Waals surface area contributed by atoms with Crippen LogP contribution in [0.3, 0.4) is 0 Å². The Balaban J connectivity index is 1.04. The predicted molar refractivity (Wildman–Crippen MR) is 267 cm³/mol. The van der Waals surface area contributed by atoms with Crippen molar-refractivity contribution < 1.29 is 9.90 Å². The van der Waals surface area contributed by atoms with E-state index >= 15 is 0 Å². The molecule has 338 valence electrons. The van der Waals surface area contributed by atoms with Gasteiger partial charge in [-0.2, -0.15) is 0 Å². The second kappa shape index (κ2) is 17.9. The van der Waals surface area contributed by atoms with Crippen molar-refractivity contribution in [3.8, 4) is 11.3 Å². The summed E-state index contributed by atoms with van der Waals surface area (Å²) in [4.78, 5) is 35.1. The van der Waals surface area contributed by atoms with Crippen molar-refractivity contribution in [1.82, 2.24) is 19.8 Å². The van der Waals surface area contributed by atoms with Crippen LogP contribution in [-0.4, -0.2) is 68.5 Å². The number of carbonyl (C=O) groups is 1. The van der Waals surface area contributed by atoms with Crippen molar-refractivity contribution in [3.05, 3.63) is 142 Å². The van der Waals surface area contributed by atoms with Gasteiger partial charge < -0.3 is 25.2 Å². The molecule has 4 fully saturated rings. The minimum Gasteiger partial charge on any atom is -0.380 e. The Kier molecular flexibility index (Phi) is 12.0. The number of thiophene rings is 1. The Labute approximate surface area is 389 Å². The maximum absolute atomic E-state index is 14.4. The van der Waals surface area contributed by atoms with Crippen LogP contribution in [-0.2, 0) is 15.8 Å². The number of guanidine groups is 1. The van der Waals surface area contributed by atoms with E-state index in [1.165, 1.54) is 39.6 Å². The molecule has 2 bridgehead atoms. The lowest BCUT2D eigenvalue weighted by Crippen LogP contribution is -2.45. The molecule has 3 atom stereocenters. The molecule has 6 heterocycles. The summed E-state index contributed by atoms with van der Waals surface area (Å²) in [5.74, 6) is 1.59. The molecule has 8 nitrogen and oxygen atoms in total. The number of H-pyrrole nitrogens is 1. The molecule has 4 aliphatic rings. The van der Waals surface area contributed by atoms with Crippen LogP contribution in [0, 0.1) is 19.8 Å². The Bertz CT molecular complexity index is 2640. The number of carbonyl (C=O) groups excluding carboxylic acids is 1. The van der Waals surface area contributed by atoms with Gasteiger partial charge in [-0.25, -0.2) is 0 Å². The van der Waals surface area contributed by atoms with Gasteiger partial charge in [0.2, 0.25) is 5.91 Å². The third-order valence-corrected chi connectivity index (χ3v) is 16.9. The number of aliphatic hydroxyl groups is 1. The Morgan fingerprint density at radius 1 is 0.877 bits per heavy atom. The zero-order valence-electron chi connectivity index (χ0n) is 38.9. The second-order valence-corrected chi connectivity index (χ2v) is 21.4. The fourth-order valence-corrected chi connectivity index (χ4v) is 13.3. The Morgan fingerprint density at radius 3 is 2.26 bits per heavy atom. The predicted octanol–water partition coefficient (Wildman–Crippen LogP) is 12.2. The van der Waals surface area contributed by atoms with E-state index in [0.717, 1.165) is 109 Å². The van der Waals surface area contributed by atoms with Crippen LogP contribution < -0.4 is 5.32 Å². The average molecular weight is 887 g/mol. The van der Waals surface area contributed by atoms with Crippen LogP contribution in [0.15, 0.2) is 108 Å². The molecular weight excluding hydrogens is 821 g/mol. The van der Waals surface area contributed by atoms with Gasteiger partial charge in [0, 0.05) is 77.5 Å². The number of likely N-dealkylation sites (tertiary alicyclic amines) is 1. The number of rotatable bonds is 11. The Morgan fingerprint density at radius 2 is 1.55 bits per heavy atom. The van der Waals surface area contributed by atoms with Gasteiger partial charge in [-0.1, -0.05) is 91.9 Å². The molecule has 6 aromatic rings. The normalized spacial score (nSPS) is 21.9. The van der Waals surface area contributed by atoms with Crippen LogP contribution >= 0.6 is 11.3 Å². The number of amides is 1. The molecule has 9 heteroatoms. The zero-order valence-corrected chi connectivity index (χ0v) is 39.8. The highest BCUT2D eigenvalue weighted by Crippen LogP contribution is 2.48. The molecule has 0 radical (unpaired) electrons. The van der Waals surface area contributed by atoms with Gasteiger partial charge in [0.15, 0.2) is 5.96 Å². The minimum atomic E-state index is -1.16. The quantitative estimate of drug-likeness (QED) is 0.0889. The molecule has 1 amide bonds. The van der Waals surface area contributed by atoms with Gasteiger partial charge in [0.25, 0.3) is 0 Å². The van der Waals surface area contributed by atoms with Gasteiger partial charge >= 0.3 is 0 Å². The smallest absolute Gasteiger partial charge is 0.233 e. The van der Waals surface area contributed by atoms with Crippen molar-refractivity contribution >= 4 is 39.1 Å². The molecule has 10 rings (SSSR count). The van der Waals surface area contributed by atoms with Gasteiger partial charge in [-0.15, -0.1) is 11.3 Å². The summed E-state index contributed by atoms with van der Waals surface area (Å²) < 4.78 is 0. The lowest BCUT2D eigenvalue weighted by molar-refractivity contribution is -0.137. The van der Waals surface area contributed by atoms with E-state index in [-0.39, 0.29) is 17.7 Å². The molecule has 1 saturated carbocycles. The molecule has 65 heavy (non-hydrogen) atoms. The van der Waals surface area contributed by atoms with E-state index < -0.39 is 11.0 Å². The number of anilines is 1. The number of aromatic nitrogens is 2. The van der Waals surface area contributed by atoms with E-state index in [1.807, 2.05) is 30.6 Å². The highest BCUT2D eigenvalue weighted by Gasteiger charge is 2.48. The summed E-state index contributed by atoms with van der Waals surface area (Å²) in [5, 5.41) is 18.3. The molecule has 2 unspecified atom stereocenters. The molecular formula is C56H66N6O2S. The van der Waals surface area contributed by atoms with Gasteiger partial charge in [0.05, 0.1) is 11.1 Å². The van der Waals surface area contributed by atoms with Gasteiger partial charge in [0.1, 0.15) is 10.4 Å². The summed E-state index contributed by atoms with van der Waals surface area (Å²) in [7, 11) is 0. The van der Waals surface area contributed by atoms with Crippen LogP contribution in [0.5, 0.6) is 0 Å². The second-order valence-electron chi connectivity index (χ2n) is 20.4. The number of nitrogens with one attached hydrogen (secondary N) is 2. The first kappa shape index (κ1) is 43.6. The summed E-state index contributed by atoms with van der Waals surface area (Å²) in [6.45, 7) is 13.1. The summed E-state index contributed by atoms with van der Waals surface area (Å²) >= 11 is 1.74. The summed E-state index contributed by atoms with van der Waals surface area (Å²) in [5.41, 5.74) is 8.26. The van der Waals surface area contributed by atoms with Crippen molar-refractivity contribution in [2.75, 3.05) is 25.0 Å². The SMILES string of the molecule is Cc1cc(C)cc(-c2[nH]c3sc(C(C)(C)C(=O)N4C5CCC4CC5)cc3c2[C@H](C)CN=C(Nc2ccccc2C(O)(c2ccccc2)C2CCCCC2)N2CCC(c3ccncc3)C2)c1. The zero-order chi connectivity index (χ0) is 44.9. The number of fused-ring (bicyclic) bond motifs is 3. The van der Waals surface area contributed by atoms with E-state index in [9.17, 15) is 9.90 Å². The molecule has 1 aliphatic carbocycles. The first-order valence-electron chi connectivity index (χ1n) is 24.4. The summed E-state index contributed by atoms with van der Waals surface area (Å²) in [6, 6.07) is 32.9. The number of aromatic amines is 1. The molecule has 3 aliphatic heterocycles. The van der Waals surface area contributed by atoms with Crippen LogP contribution in [0.25, 0.3) is 21.5 Å². The lowest BCUT2D eigenvalue weighted by Gasteiger charge is -2.40. The number of aliphatic imine (C=N–C) groups is 1. The van der Waals surface area contributed by atoms with Crippen LogP contribution in [0.2, 0.25) is 0 Å². The maximum atomic E-state index is 14.4.